The molecule has 176 valence electrons. The maximum Gasteiger partial charge on any atom is 0.339 e. The van der Waals surface area contributed by atoms with Crippen molar-refractivity contribution in [3.8, 4) is 11.5 Å². The number of amides is 1. The van der Waals surface area contributed by atoms with Crippen LogP contribution in [0.2, 0.25) is 0 Å². The first-order valence-electron chi connectivity index (χ1n) is 11.4. The third-order valence-corrected chi connectivity index (χ3v) is 6.64. The number of fused-ring (bicyclic) bond motifs is 3. The average molecular weight is 446 g/mol. The molecule has 7 heteroatoms. The van der Waals surface area contributed by atoms with E-state index in [9.17, 15) is 14.7 Å². The van der Waals surface area contributed by atoms with Crippen LogP contribution in [-0.2, 0) is 17.6 Å². The van der Waals surface area contributed by atoms with Gasteiger partial charge in [-0.3, -0.25) is 4.79 Å². The van der Waals surface area contributed by atoms with Gasteiger partial charge in [-0.1, -0.05) is 20.3 Å². The lowest BCUT2D eigenvalue weighted by Gasteiger charge is -2.33. The summed E-state index contributed by atoms with van der Waals surface area (Å²) in [7, 11) is 1.58. The fraction of sp³-hybridized carbons (Fsp3) is 0.600. The molecule has 0 saturated heterocycles. The highest BCUT2D eigenvalue weighted by Gasteiger charge is 2.31. The Hall–Kier alpha value is -2.54. The Morgan fingerprint density at radius 1 is 1.38 bits per heavy atom. The van der Waals surface area contributed by atoms with Crippen LogP contribution in [0, 0.1) is 12.8 Å². The number of hydrogen-bond acceptors (Lipinski definition) is 6. The monoisotopic (exact) mass is 445 g/mol. The molecule has 2 heterocycles. The molecule has 2 atom stereocenters. The van der Waals surface area contributed by atoms with Crippen LogP contribution in [0.5, 0.6) is 11.5 Å². The molecule has 1 aliphatic heterocycles. The number of ether oxygens (including phenoxy) is 2. The van der Waals surface area contributed by atoms with E-state index in [1.165, 1.54) is 0 Å². The van der Waals surface area contributed by atoms with Crippen molar-refractivity contribution in [2.45, 2.75) is 78.4 Å². The minimum absolute atomic E-state index is 0.112. The molecule has 3 rings (SSSR count). The summed E-state index contributed by atoms with van der Waals surface area (Å²) < 4.78 is 17.5. The molecule has 0 radical (unpaired) electrons. The van der Waals surface area contributed by atoms with E-state index < -0.39 is 5.63 Å². The Kier molecular flexibility index (Phi) is 7.18. The van der Waals surface area contributed by atoms with Crippen molar-refractivity contribution in [3.63, 3.8) is 0 Å². The van der Waals surface area contributed by atoms with Gasteiger partial charge in [0.15, 0.2) is 0 Å². The van der Waals surface area contributed by atoms with Crippen LogP contribution in [-0.4, -0.2) is 36.4 Å². The quantitative estimate of drug-likeness (QED) is 0.602. The fourth-order valence-corrected chi connectivity index (χ4v) is 4.30. The summed E-state index contributed by atoms with van der Waals surface area (Å²) in [5.74, 6) is 1.23. The Bertz CT molecular complexity index is 1050. The number of carbonyl (C=O) groups excluding carboxylic acids is 1. The lowest BCUT2D eigenvalue weighted by atomic mass is 9.91. The van der Waals surface area contributed by atoms with Crippen molar-refractivity contribution in [1.29, 1.82) is 0 Å². The van der Waals surface area contributed by atoms with Crippen molar-refractivity contribution in [3.05, 3.63) is 33.2 Å². The molecule has 0 bridgehead atoms. The minimum atomic E-state index is -0.441. The lowest BCUT2D eigenvalue weighted by molar-refractivity contribution is -0.122. The summed E-state index contributed by atoms with van der Waals surface area (Å²) in [5.41, 5.74) is 1.87. The van der Waals surface area contributed by atoms with Crippen LogP contribution in [0.4, 0.5) is 0 Å². The van der Waals surface area contributed by atoms with Gasteiger partial charge in [-0.05, 0) is 51.5 Å². The summed E-state index contributed by atoms with van der Waals surface area (Å²) in [6.45, 7) is 9.82. The Balaban J connectivity index is 1.93. The smallest absolute Gasteiger partial charge is 0.339 e. The number of benzene rings is 1. The van der Waals surface area contributed by atoms with E-state index in [0.29, 0.717) is 22.6 Å². The zero-order chi connectivity index (χ0) is 23.6. The molecule has 1 aliphatic rings. The number of nitrogens with one attached hydrogen (secondary N) is 1. The van der Waals surface area contributed by atoms with Gasteiger partial charge in [-0.15, -0.1) is 0 Å². The number of aliphatic hydroxyl groups is 1. The maximum atomic E-state index is 12.9. The third kappa shape index (κ3) is 4.77. The van der Waals surface area contributed by atoms with Gasteiger partial charge in [0.05, 0.1) is 25.1 Å². The van der Waals surface area contributed by atoms with Crippen LogP contribution in [0.25, 0.3) is 11.0 Å². The van der Waals surface area contributed by atoms with Gasteiger partial charge in [0, 0.05) is 23.6 Å². The molecule has 7 nitrogen and oxygen atoms in total. The van der Waals surface area contributed by atoms with Gasteiger partial charge in [-0.2, -0.15) is 0 Å². The van der Waals surface area contributed by atoms with E-state index >= 15 is 0 Å². The minimum Gasteiger partial charge on any atom is -0.496 e. The zero-order valence-corrected chi connectivity index (χ0v) is 20.0. The first-order valence-corrected chi connectivity index (χ1v) is 11.4. The predicted molar refractivity (Wildman–Crippen MR) is 124 cm³/mol. The van der Waals surface area contributed by atoms with Crippen molar-refractivity contribution in [2.75, 3.05) is 13.7 Å². The molecule has 2 N–H and O–H groups in total. The van der Waals surface area contributed by atoms with Crippen molar-refractivity contribution in [2.24, 2.45) is 5.92 Å². The van der Waals surface area contributed by atoms with Crippen LogP contribution < -0.4 is 20.4 Å². The standard InChI is InChI=1S/C25H35NO6/c1-7-14(2)18(13-27)26-21(28)9-8-16-15(3)22-20(30-6)12-19-17(23(22)31-24(16)29)10-11-25(4,5)32-19/h12,14,18,27H,7-11,13H2,1-6H3,(H,26,28). The molecule has 1 aromatic heterocycles. The van der Waals surface area contributed by atoms with E-state index in [0.717, 1.165) is 35.8 Å². The maximum absolute atomic E-state index is 12.9. The SMILES string of the molecule is CCC(C)C(CO)NC(=O)CCc1c(C)c2c(OC)cc3c(c2oc1=O)CCC(C)(C)O3. The van der Waals surface area contributed by atoms with Crippen molar-refractivity contribution in [1.82, 2.24) is 5.32 Å². The Morgan fingerprint density at radius 2 is 2.09 bits per heavy atom. The molecular formula is C25H35NO6. The highest BCUT2D eigenvalue weighted by Crippen LogP contribution is 2.43. The fourth-order valence-electron chi connectivity index (χ4n) is 4.30. The van der Waals surface area contributed by atoms with Gasteiger partial charge in [-0.25, -0.2) is 4.79 Å². The van der Waals surface area contributed by atoms with Crippen molar-refractivity contribution >= 4 is 16.9 Å². The second-order valence-corrected chi connectivity index (χ2v) is 9.36. The predicted octanol–water partition coefficient (Wildman–Crippen LogP) is 3.67. The van der Waals surface area contributed by atoms with E-state index in [1.807, 2.05) is 40.7 Å². The lowest BCUT2D eigenvalue weighted by Crippen LogP contribution is -2.42. The van der Waals surface area contributed by atoms with Gasteiger partial charge >= 0.3 is 5.63 Å². The number of hydrogen-bond donors (Lipinski definition) is 2. The van der Waals surface area contributed by atoms with Gasteiger partial charge < -0.3 is 24.3 Å². The molecule has 2 aromatic rings. The van der Waals surface area contributed by atoms with Crippen LogP contribution in [0.3, 0.4) is 0 Å². The van der Waals surface area contributed by atoms with E-state index in [4.69, 9.17) is 13.9 Å². The highest BCUT2D eigenvalue weighted by molar-refractivity contribution is 5.92. The second-order valence-electron chi connectivity index (χ2n) is 9.36. The van der Waals surface area contributed by atoms with Gasteiger partial charge in [0.1, 0.15) is 22.7 Å². The number of rotatable bonds is 8. The third-order valence-electron chi connectivity index (χ3n) is 6.64. The summed E-state index contributed by atoms with van der Waals surface area (Å²) >= 11 is 0. The zero-order valence-electron chi connectivity index (χ0n) is 20.0. The van der Waals surface area contributed by atoms with E-state index in [-0.39, 0.29) is 42.9 Å². The first kappa shape index (κ1) is 24.1. The Labute approximate surface area is 189 Å². The first-order chi connectivity index (χ1) is 15.1. The number of aryl methyl sites for hydroxylation is 2. The molecule has 2 unspecified atom stereocenters. The molecule has 1 amide bonds. The van der Waals surface area contributed by atoms with Crippen LogP contribution in [0.15, 0.2) is 15.3 Å². The van der Waals surface area contributed by atoms with E-state index in [1.54, 1.807) is 7.11 Å². The summed E-state index contributed by atoms with van der Waals surface area (Å²) in [4.78, 5) is 25.4. The highest BCUT2D eigenvalue weighted by atomic mass is 16.5. The largest absolute Gasteiger partial charge is 0.496 e. The number of methoxy groups -OCH3 is 1. The number of aliphatic hydroxyl groups excluding tert-OH is 1. The summed E-state index contributed by atoms with van der Waals surface area (Å²) in [6, 6.07) is 1.57. The molecule has 0 fully saturated rings. The molecule has 0 saturated carbocycles. The summed E-state index contributed by atoms with van der Waals surface area (Å²) in [5, 5.41) is 13.2. The van der Waals surface area contributed by atoms with Gasteiger partial charge in [0.25, 0.3) is 0 Å². The molecule has 0 spiro atoms. The Morgan fingerprint density at radius 3 is 2.72 bits per heavy atom. The summed E-state index contributed by atoms with van der Waals surface area (Å²) in [6.07, 6.45) is 2.79. The normalized spacial score (nSPS) is 16.7. The topological polar surface area (TPSA) is 98.0 Å². The molecule has 32 heavy (non-hydrogen) atoms. The van der Waals surface area contributed by atoms with Gasteiger partial charge in [0.2, 0.25) is 5.91 Å². The molecule has 1 aromatic carbocycles. The van der Waals surface area contributed by atoms with Crippen molar-refractivity contribution < 1.29 is 23.8 Å². The average Bonchev–Trinajstić information content (AvgIpc) is 2.74. The second kappa shape index (κ2) is 9.53. The van der Waals surface area contributed by atoms with Crippen LogP contribution in [0.1, 0.15) is 63.6 Å². The number of carbonyl (C=O) groups is 1. The molecular weight excluding hydrogens is 410 g/mol. The molecule has 0 aliphatic carbocycles. The van der Waals surface area contributed by atoms with Crippen LogP contribution >= 0.6 is 0 Å². The van der Waals surface area contributed by atoms with E-state index in [2.05, 4.69) is 5.32 Å².